The molecule has 0 aliphatic carbocycles. The summed E-state index contributed by atoms with van der Waals surface area (Å²) in [7, 11) is 0. The van der Waals surface area contributed by atoms with Gasteiger partial charge in [-0.2, -0.15) is 0 Å². The first kappa shape index (κ1) is 20.8. The third kappa shape index (κ3) is 4.99. The molecule has 0 spiro atoms. The van der Waals surface area contributed by atoms with E-state index in [2.05, 4.69) is 6.92 Å². The minimum Gasteiger partial charge on any atom is -0.494 e. The van der Waals surface area contributed by atoms with Crippen LogP contribution in [0.2, 0.25) is 0 Å². The van der Waals surface area contributed by atoms with Gasteiger partial charge in [-0.25, -0.2) is 4.98 Å². The van der Waals surface area contributed by atoms with Gasteiger partial charge in [-0.1, -0.05) is 43.2 Å². The van der Waals surface area contributed by atoms with Gasteiger partial charge in [0, 0.05) is 12.2 Å². The zero-order chi connectivity index (χ0) is 20.8. The van der Waals surface area contributed by atoms with Crippen LogP contribution >= 0.6 is 11.3 Å². The van der Waals surface area contributed by atoms with E-state index in [1.807, 2.05) is 48.5 Å². The lowest BCUT2D eigenvalue weighted by atomic mass is 10.1. The average Bonchev–Trinajstić information content (AvgIpc) is 3.44. The van der Waals surface area contributed by atoms with E-state index in [-0.39, 0.29) is 12.0 Å². The molecule has 30 heavy (non-hydrogen) atoms. The molecule has 2 heterocycles. The lowest BCUT2D eigenvalue weighted by Gasteiger charge is -2.23. The highest BCUT2D eigenvalue weighted by Gasteiger charge is 2.27. The van der Waals surface area contributed by atoms with E-state index in [9.17, 15) is 4.79 Å². The van der Waals surface area contributed by atoms with Gasteiger partial charge in [0.2, 0.25) is 0 Å². The van der Waals surface area contributed by atoms with Crippen LogP contribution in [-0.4, -0.2) is 36.8 Å². The number of anilines is 1. The van der Waals surface area contributed by atoms with Gasteiger partial charge in [0.05, 0.1) is 29.5 Å². The molecule has 5 nitrogen and oxygen atoms in total. The summed E-state index contributed by atoms with van der Waals surface area (Å²) in [5.41, 5.74) is 1.55. The third-order valence-electron chi connectivity index (χ3n) is 5.29. The number of thiazole rings is 1. The Morgan fingerprint density at radius 2 is 2.03 bits per heavy atom. The first-order chi connectivity index (χ1) is 14.7. The molecule has 1 fully saturated rings. The number of carbonyl (C=O) groups is 1. The fourth-order valence-corrected chi connectivity index (χ4v) is 4.58. The largest absolute Gasteiger partial charge is 0.494 e. The highest BCUT2D eigenvalue weighted by molar-refractivity contribution is 7.22. The van der Waals surface area contributed by atoms with E-state index in [4.69, 9.17) is 14.5 Å². The van der Waals surface area contributed by atoms with Crippen molar-refractivity contribution in [2.24, 2.45) is 0 Å². The van der Waals surface area contributed by atoms with Gasteiger partial charge in [0.15, 0.2) is 5.13 Å². The van der Waals surface area contributed by atoms with Gasteiger partial charge in [-0.15, -0.1) is 0 Å². The van der Waals surface area contributed by atoms with Crippen molar-refractivity contribution in [2.45, 2.75) is 45.1 Å². The van der Waals surface area contributed by atoms with Crippen molar-refractivity contribution in [1.82, 2.24) is 4.98 Å². The molecule has 1 aliphatic heterocycles. The topological polar surface area (TPSA) is 51.7 Å². The van der Waals surface area contributed by atoms with E-state index in [1.54, 1.807) is 16.2 Å². The number of nitrogens with zero attached hydrogens (tertiary/aromatic N) is 2. The average molecular weight is 425 g/mol. The Morgan fingerprint density at radius 1 is 1.20 bits per heavy atom. The van der Waals surface area contributed by atoms with Gasteiger partial charge in [0.25, 0.3) is 5.91 Å². The number of aromatic nitrogens is 1. The Bertz CT molecular complexity index is 931. The standard InChI is InChI=1S/C24H28N2O3S/c1-2-3-6-15-28-19-13-11-18(12-14-19)23(27)26(17-20-8-7-16-29-20)24-25-21-9-4-5-10-22(21)30-24/h4-5,9-14,20H,2-3,6-8,15-17H2,1H3. The fourth-order valence-electron chi connectivity index (χ4n) is 3.61. The van der Waals surface area contributed by atoms with Crippen molar-refractivity contribution in [2.75, 3.05) is 24.7 Å². The third-order valence-corrected chi connectivity index (χ3v) is 6.35. The van der Waals surface area contributed by atoms with E-state index in [0.29, 0.717) is 18.7 Å². The Labute approximate surface area is 181 Å². The van der Waals surface area contributed by atoms with Crippen LogP contribution in [0.3, 0.4) is 0 Å². The summed E-state index contributed by atoms with van der Waals surface area (Å²) in [5, 5.41) is 0.719. The van der Waals surface area contributed by atoms with Gasteiger partial charge in [0.1, 0.15) is 5.75 Å². The quantitative estimate of drug-likeness (QED) is 0.414. The molecule has 1 aromatic heterocycles. The Hall–Kier alpha value is -2.44. The van der Waals surface area contributed by atoms with E-state index < -0.39 is 0 Å². The molecule has 1 saturated heterocycles. The minimum absolute atomic E-state index is 0.0536. The molecule has 0 saturated carbocycles. The van der Waals surface area contributed by atoms with Crippen LogP contribution in [0.1, 0.15) is 49.4 Å². The van der Waals surface area contributed by atoms with Crippen molar-refractivity contribution in [3.63, 3.8) is 0 Å². The summed E-state index contributed by atoms with van der Waals surface area (Å²) in [4.78, 5) is 19.9. The SMILES string of the molecule is CCCCCOc1ccc(C(=O)N(CC2CCCO2)c2nc3ccccc3s2)cc1. The maximum Gasteiger partial charge on any atom is 0.260 e. The van der Waals surface area contributed by atoms with E-state index >= 15 is 0 Å². The zero-order valence-corrected chi connectivity index (χ0v) is 18.2. The van der Waals surface area contributed by atoms with E-state index in [0.717, 1.165) is 53.4 Å². The molecule has 0 N–H and O–H groups in total. The van der Waals surface area contributed by atoms with Crippen molar-refractivity contribution < 1.29 is 14.3 Å². The summed E-state index contributed by atoms with van der Waals surface area (Å²) < 4.78 is 12.7. The molecule has 0 bridgehead atoms. The normalized spacial score (nSPS) is 16.1. The van der Waals surface area contributed by atoms with Gasteiger partial charge < -0.3 is 9.47 Å². The van der Waals surface area contributed by atoms with Gasteiger partial charge >= 0.3 is 0 Å². The van der Waals surface area contributed by atoms with Crippen LogP contribution in [0.25, 0.3) is 10.2 Å². The number of benzene rings is 2. The number of ether oxygens (including phenoxy) is 2. The maximum atomic E-state index is 13.4. The molecular formula is C24H28N2O3S. The predicted molar refractivity (Wildman–Crippen MR) is 122 cm³/mol. The molecule has 2 aromatic carbocycles. The predicted octanol–water partition coefficient (Wildman–Crippen LogP) is 5.69. The van der Waals surface area contributed by atoms with Crippen LogP contribution in [0.4, 0.5) is 5.13 Å². The number of rotatable bonds is 9. The summed E-state index contributed by atoms with van der Waals surface area (Å²) in [6.07, 6.45) is 5.45. The fraction of sp³-hybridized carbons (Fsp3) is 0.417. The molecule has 1 atom stereocenters. The lowest BCUT2D eigenvalue weighted by Crippen LogP contribution is -2.37. The number of amides is 1. The van der Waals surface area contributed by atoms with Crippen molar-refractivity contribution in [3.05, 3.63) is 54.1 Å². The zero-order valence-electron chi connectivity index (χ0n) is 17.4. The van der Waals surface area contributed by atoms with Crippen LogP contribution in [0, 0.1) is 0 Å². The van der Waals surface area contributed by atoms with Gasteiger partial charge in [-0.3, -0.25) is 9.69 Å². The number of unbranched alkanes of at least 4 members (excludes halogenated alkanes) is 2. The number of carbonyl (C=O) groups excluding carboxylic acids is 1. The van der Waals surface area contributed by atoms with Crippen molar-refractivity contribution in [3.8, 4) is 5.75 Å². The second kappa shape index (κ2) is 10.0. The Balaban J connectivity index is 1.52. The van der Waals surface area contributed by atoms with E-state index in [1.165, 1.54) is 6.42 Å². The summed E-state index contributed by atoms with van der Waals surface area (Å²) in [6.45, 7) is 4.16. The first-order valence-electron chi connectivity index (χ1n) is 10.8. The second-order valence-corrected chi connectivity index (χ2v) is 8.60. The van der Waals surface area contributed by atoms with Crippen LogP contribution in [-0.2, 0) is 4.74 Å². The smallest absolute Gasteiger partial charge is 0.260 e. The van der Waals surface area contributed by atoms with Crippen molar-refractivity contribution >= 4 is 32.6 Å². The van der Waals surface area contributed by atoms with Crippen molar-refractivity contribution in [1.29, 1.82) is 0 Å². The molecule has 1 aliphatic rings. The lowest BCUT2D eigenvalue weighted by molar-refractivity contribution is 0.0917. The van der Waals surface area contributed by atoms with Crippen LogP contribution < -0.4 is 9.64 Å². The second-order valence-electron chi connectivity index (χ2n) is 7.59. The Kier molecular flexibility index (Phi) is 6.97. The molecule has 4 rings (SSSR count). The van der Waals surface area contributed by atoms with Crippen LogP contribution in [0.5, 0.6) is 5.75 Å². The first-order valence-corrected chi connectivity index (χ1v) is 11.6. The highest BCUT2D eigenvalue weighted by Crippen LogP contribution is 2.31. The molecular weight excluding hydrogens is 396 g/mol. The van der Waals surface area contributed by atoms with Crippen LogP contribution in [0.15, 0.2) is 48.5 Å². The Morgan fingerprint density at radius 3 is 2.77 bits per heavy atom. The number of para-hydroxylation sites is 1. The molecule has 0 radical (unpaired) electrons. The highest BCUT2D eigenvalue weighted by atomic mass is 32.1. The maximum absolute atomic E-state index is 13.4. The number of hydrogen-bond donors (Lipinski definition) is 0. The minimum atomic E-state index is -0.0536. The molecule has 158 valence electrons. The molecule has 6 heteroatoms. The molecule has 1 amide bonds. The van der Waals surface area contributed by atoms with Gasteiger partial charge in [-0.05, 0) is 55.7 Å². The summed E-state index contributed by atoms with van der Waals surface area (Å²) in [6, 6.07) is 15.4. The number of hydrogen-bond acceptors (Lipinski definition) is 5. The summed E-state index contributed by atoms with van der Waals surface area (Å²) in [5.74, 6) is 0.746. The number of fused-ring (bicyclic) bond motifs is 1. The molecule has 3 aromatic rings. The monoisotopic (exact) mass is 424 g/mol. The molecule has 1 unspecified atom stereocenters. The summed E-state index contributed by atoms with van der Waals surface area (Å²) >= 11 is 1.54.